The first-order chi connectivity index (χ1) is 10.3. The summed E-state index contributed by atoms with van der Waals surface area (Å²) in [5, 5.41) is 10.1. The van der Waals surface area contributed by atoms with Crippen LogP contribution in [0.3, 0.4) is 0 Å². The molecule has 0 spiro atoms. The lowest BCUT2D eigenvalue weighted by atomic mass is 10.3. The summed E-state index contributed by atoms with van der Waals surface area (Å²) in [4.78, 5) is 16.8. The average molecular weight is 394 g/mol. The molecule has 2 heterocycles. The Morgan fingerprint density at radius 1 is 1.10 bits per heavy atom. The predicted molar refractivity (Wildman–Crippen MR) is 86.7 cm³/mol. The van der Waals surface area contributed by atoms with E-state index in [1.165, 1.54) is 17.3 Å². The van der Waals surface area contributed by atoms with Crippen molar-refractivity contribution in [2.24, 2.45) is 0 Å². The third-order valence-electron chi connectivity index (χ3n) is 2.59. The molecule has 0 fully saturated rings. The summed E-state index contributed by atoms with van der Waals surface area (Å²) in [6.45, 7) is 0. The van der Waals surface area contributed by atoms with Crippen molar-refractivity contribution >= 4 is 40.2 Å². The molecule has 0 aliphatic heterocycles. The molecule has 0 atom stereocenters. The Morgan fingerprint density at radius 3 is 2.62 bits per heavy atom. The molecule has 0 radical (unpaired) electrons. The van der Waals surface area contributed by atoms with Crippen molar-refractivity contribution in [2.45, 2.75) is 0 Å². The summed E-state index contributed by atoms with van der Waals surface area (Å²) < 4.78 is 2.55. The molecule has 3 aromatic rings. The Labute approximate surface area is 134 Å². The highest BCUT2D eigenvalue weighted by atomic mass is 127. The van der Waals surface area contributed by atoms with Crippen LogP contribution in [0, 0.1) is 3.57 Å². The monoisotopic (exact) mass is 394 g/mol. The Hall–Kier alpha value is -2.30. The second-order valence-corrected chi connectivity index (χ2v) is 5.14. The van der Waals surface area contributed by atoms with Crippen LogP contribution in [0.2, 0.25) is 0 Å². The van der Waals surface area contributed by atoms with Gasteiger partial charge in [-0.3, -0.25) is 0 Å². The van der Waals surface area contributed by atoms with Gasteiger partial charge in [-0.05, 0) is 34.7 Å². The van der Waals surface area contributed by atoms with Crippen molar-refractivity contribution < 1.29 is 0 Å². The van der Waals surface area contributed by atoms with E-state index in [9.17, 15) is 0 Å². The maximum Gasteiger partial charge on any atom is 0.258 e. The molecular formula is C12H11IN8. The van der Waals surface area contributed by atoms with Crippen LogP contribution in [0.25, 0.3) is 5.95 Å². The van der Waals surface area contributed by atoms with E-state index in [1.807, 2.05) is 24.3 Å². The third-order valence-corrected chi connectivity index (χ3v) is 3.53. The van der Waals surface area contributed by atoms with E-state index in [4.69, 9.17) is 0 Å². The van der Waals surface area contributed by atoms with Gasteiger partial charge in [0, 0.05) is 10.6 Å². The van der Waals surface area contributed by atoms with Gasteiger partial charge in [0.1, 0.15) is 12.7 Å². The Bertz CT molecular complexity index is 743. The van der Waals surface area contributed by atoms with Crippen LogP contribution in [-0.4, -0.2) is 36.8 Å². The van der Waals surface area contributed by atoms with Crippen LogP contribution in [0.4, 0.5) is 17.6 Å². The second-order valence-electron chi connectivity index (χ2n) is 3.98. The number of anilines is 3. The molecule has 2 N–H and O–H groups in total. The Morgan fingerprint density at radius 2 is 1.90 bits per heavy atom. The first kappa shape index (κ1) is 13.7. The number of nitrogens with zero attached hydrogens (tertiary/aromatic N) is 6. The zero-order valence-electron chi connectivity index (χ0n) is 11.0. The molecule has 0 saturated carbocycles. The number of halogens is 1. The van der Waals surface area contributed by atoms with Crippen LogP contribution >= 0.6 is 22.6 Å². The number of aromatic nitrogens is 6. The maximum atomic E-state index is 4.34. The summed E-state index contributed by atoms with van der Waals surface area (Å²) in [5.74, 6) is 1.27. The van der Waals surface area contributed by atoms with Crippen LogP contribution in [0.5, 0.6) is 0 Å². The number of para-hydroxylation sites is 1. The normalized spacial score (nSPS) is 10.4. The maximum absolute atomic E-state index is 4.34. The molecule has 0 aliphatic rings. The van der Waals surface area contributed by atoms with Crippen molar-refractivity contribution in [3.63, 3.8) is 0 Å². The van der Waals surface area contributed by atoms with Gasteiger partial charge in [0.2, 0.25) is 11.9 Å². The number of rotatable bonds is 4. The van der Waals surface area contributed by atoms with Crippen molar-refractivity contribution in [1.29, 1.82) is 0 Å². The van der Waals surface area contributed by atoms with Gasteiger partial charge >= 0.3 is 0 Å². The van der Waals surface area contributed by atoms with Gasteiger partial charge in [0.25, 0.3) is 5.95 Å². The van der Waals surface area contributed by atoms with Crippen LogP contribution < -0.4 is 10.6 Å². The molecule has 106 valence electrons. The average Bonchev–Trinajstić information content (AvgIpc) is 3.04. The fourth-order valence-electron chi connectivity index (χ4n) is 1.63. The quantitative estimate of drug-likeness (QED) is 0.653. The molecule has 0 amide bonds. The molecule has 0 saturated heterocycles. The van der Waals surface area contributed by atoms with Gasteiger partial charge < -0.3 is 10.6 Å². The van der Waals surface area contributed by atoms with Gasteiger partial charge in [0.15, 0.2) is 0 Å². The number of benzene rings is 1. The largest absolute Gasteiger partial charge is 0.357 e. The molecular weight excluding hydrogens is 383 g/mol. The molecule has 21 heavy (non-hydrogen) atoms. The van der Waals surface area contributed by atoms with Crippen LogP contribution in [-0.2, 0) is 0 Å². The Balaban J connectivity index is 1.99. The lowest BCUT2D eigenvalue weighted by Crippen LogP contribution is -2.10. The molecule has 3 rings (SSSR count). The highest BCUT2D eigenvalue weighted by Crippen LogP contribution is 2.20. The van der Waals surface area contributed by atoms with Gasteiger partial charge in [-0.25, -0.2) is 4.98 Å². The fraction of sp³-hybridized carbons (Fsp3) is 0.0833. The zero-order valence-corrected chi connectivity index (χ0v) is 13.2. The molecule has 2 aromatic heterocycles. The van der Waals surface area contributed by atoms with E-state index in [-0.39, 0.29) is 0 Å². The summed E-state index contributed by atoms with van der Waals surface area (Å²) in [6, 6.07) is 7.88. The summed E-state index contributed by atoms with van der Waals surface area (Å²) >= 11 is 2.25. The van der Waals surface area contributed by atoms with Gasteiger partial charge in [-0.2, -0.15) is 24.7 Å². The highest BCUT2D eigenvalue weighted by Gasteiger charge is 2.09. The van der Waals surface area contributed by atoms with E-state index < -0.39 is 0 Å². The topological polar surface area (TPSA) is 93.4 Å². The first-order valence-corrected chi connectivity index (χ1v) is 7.14. The Kier molecular flexibility index (Phi) is 3.90. The number of hydrogen-bond donors (Lipinski definition) is 2. The van der Waals surface area contributed by atoms with Gasteiger partial charge in [-0.1, -0.05) is 12.1 Å². The van der Waals surface area contributed by atoms with E-state index in [0.717, 1.165) is 9.26 Å². The molecule has 1 aromatic carbocycles. The second kappa shape index (κ2) is 5.99. The molecule has 9 heteroatoms. The summed E-state index contributed by atoms with van der Waals surface area (Å²) in [5.41, 5.74) is 0.927. The van der Waals surface area contributed by atoms with E-state index in [2.05, 4.69) is 58.3 Å². The fourth-order valence-corrected chi connectivity index (χ4v) is 2.15. The van der Waals surface area contributed by atoms with Crippen LogP contribution in [0.15, 0.2) is 36.9 Å². The minimum Gasteiger partial charge on any atom is -0.357 e. The third kappa shape index (κ3) is 3.07. The SMILES string of the molecule is CNc1nc(Nc2ccccc2I)nc(-n2cncn2)n1. The zero-order chi connectivity index (χ0) is 14.7. The first-order valence-electron chi connectivity index (χ1n) is 6.06. The molecule has 0 aliphatic carbocycles. The summed E-state index contributed by atoms with van der Waals surface area (Å²) in [7, 11) is 1.75. The van der Waals surface area contributed by atoms with Crippen molar-refractivity contribution in [3.8, 4) is 5.95 Å². The molecule has 8 nitrogen and oxygen atoms in total. The van der Waals surface area contributed by atoms with Gasteiger partial charge in [0.05, 0.1) is 5.69 Å². The van der Waals surface area contributed by atoms with Crippen molar-refractivity contribution in [3.05, 3.63) is 40.5 Å². The van der Waals surface area contributed by atoms with Gasteiger partial charge in [-0.15, -0.1) is 0 Å². The van der Waals surface area contributed by atoms with Crippen molar-refractivity contribution in [2.75, 3.05) is 17.7 Å². The van der Waals surface area contributed by atoms with Crippen LogP contribution in [0.1, 0.15) is 0 Å². The minimum absolute atomic E-state index is 0.389. The predicted octanol–water partition coefficient (Wildman–Crippen LogP) is 1.84. The lowest BCUT2D eigenvalue weighted by molar-refractivity contribution is 0.798. The summed E-state index contributed by atoms with van der Waals surface area (Å²) in [6.07, 6.45) is 2.96. The molecule has 0 unspecified atom stereocenters. The van der Waals surface area contributed by atoms with E-state index in [1.54, 1.807) is 7.05 Å². The van der Waals surface area contributed by atoms with E-state index >= 15 is 0 Å². The standard InChI is InChI=1S/C12H11IN8/c1-14-10-18-11(17-9-5-3-2-4-8(9)13)20-12(19-10)21-7-15-6-16-21/h2-7H,1H3,(H2,14,17,18,19,20). The number of hydrogen-bond acceptors (Lipinski definition) is 7. The van der Waals surface area contributed by atoms with Crippen molar-refractivity contribution in [1.82, 2.24) is 29.7 Å². The lowest BCUT2D eigenvalue weighted by Gasteiger charge is -2.09. The smallest absolute Gasteiger partial charge is 0.258 e. The minimum atomic E-state index is 0.389. The highest BCUT2D eigenvalue weighted by molar-refractivity contribution is 14.1. The number of nitrogens with one attached hydrogen (secondary N) is 2. The van der Waals surface area contributed by atoms with E-state index in [0.29, 0.717) is 17.8 Å². The molecule has 0 bridgehead atoms.